The number of rotatable bonds is 6. The Bertz CT molecular complexity index is 358. The maximum atomic E-state index is 10.3. The van der Waals surface area contributed by atoms with Gasteiger partial charge in [-0.05, 0) is 42.2 Å². The number of ether oxygens (including phenoxy) is 1. The van der Waals surface area contributed by atoms with E-state index in [2.05, 4.69) is 25.1 Å². The van der Waals surface area contributed by atoms with Crippen LogP contribution in [0.5, 0.6) is 0 Å². The molecule has 1 aliphatic carbocycles. The molecule has 0 aromatic heterocycles. The van der Waals surface area contributed by atoms with Crippen LogP contribution in [0.1, 0.15) is 49.3 Å². The van der Waals surface area contributed by atoms with E-state index in [9.17, 15) is 5.11 Å². The maximum absolute atomic E-state index is 10.3. The summed E-state index contributed by atoms with van der Waals surface area (Å²) in [5.74, 6) is 0.987. The zero-order valence-corrected chi connectivity index (χ0v) is 10.7. The van der Waals surface area contributed by atoms with E-state index < -0.39 is 0 Å². The normalized spacial score (nSPS) is 19.0. The molecule has 0 heterocycles. The van der Waals surface area contributed by atoms with Crippen molar-refractivity contribution in [2.45, 2.75) is 38.2 Å². The molecule has 1 aromatic carbocycles. The third-order valence-electron chi connectivity index (χ3n) is 3.62. The van der Waals surface area contributed by atoms with Crippen molar-refractivity contribution >= 4 is 0 Å². The molecule has 2 rings (SSSR count). The van der Waals surface area contributed by atoms with Crippen molar-refractivity contribution < 1.29 is 9.84 Å². The fraction of sp³-hybridized carbons (Fsp3) is 0.600. The van der Waals surface area contributed by atoms with Crippen molar-refractivity contribution in [1.82, 2.24) is 0 Å². The van der Waals surface area contributed by atoms with E-state index in [4.69, 9.17) is 4.74 Å². The average molecular weight is 234 g/mol. The van der Waals surface area contributed by atoms with Gasteiger partial charge in [-0.15, -0.1) is 0 Å². The molecule has 1 N–H and O–H groups in total. The van der Waals surface area contributed by atoms with Crippen LogP contribution in [0.3, 0.4) is 0 Å². The van der Waals surface area contributed by atoms with Gasteiger partial charge in [0, 0.05) is 13.7 Å². The third kappa shape index (κ3) is 3.30. The molecule has 0 aliphatic heterocycles. The highest BCUT2D eigenvalue weighted by molar-refractivity contribution is 5.30. The monoisotopic (exact) mass is 234 g/mol. The fourth-order valence-corrected chi connectivity index (χ4v) is 2.20. The van der Waals surface area contributed by atoms with E-state index in [-0.39, 0.29) is 12.0 Å². The molecule has 0 amide bonds. The quantitative estimate of drug-likeness (QED) is 0.818. The van der Waals surface area contributed by atoms with Gasteiger partial charge in [0.1, 0.15) is 0 Å². The zero-order chi connectivity index (χ0) is 12.3. The molecule has 0 radical (unpaired) electrons. The smallest absolute Gasteiger partial charge is 0.0816 e. The van der Waals surface area contributed by atoms with Gasteiger partial charge in [0.05, 0.1) is 6.10 Å². The summed E-state index contributed by atoms with van der Waals surface area (Å²) in [6.07, 6.45) is 3.13. The summed E-state index contributed by atoms with van der Waals surface area (Å²) < 4.78 is 5.06. The number of methoxy groups -OCH3 is 1. The van der Waals surface area contributed by atoms with Crippen molar-refractivity contribution in [2.75, 3.05) is 13.7 Å². The molecule has 0 bridgehead atoms. The zero-order valence-electron chi connectivity index (χ0n) is 10.7. The lowest BCUT2D eigenvalue weighted by Gasteiger charge is -2.19. The first kappa shape index (κ1) is 12.6. The van der Waals surface area contributed by atoms with Gasteiger partial charge in [0.15, 0.2) is 0 Å². The van der Waals surface area contributed by atoms with Gasteiger partial charge in [0.2, 0.25) is 0 Å². The molecule has 0 spiro atoms. The average Bonchev–Trinajstić information content (AvgIpc) is 3.19. The van der Waals surface area contributed by atoms with Crippen molar-refractivity contribution in [2.24, 2.45) is 5.92 Å². The molecule has 1 aromatic rings. The second-order valence-electron chi connectivity index (χ2n) is 5.15. The first-order chi connectivity index (χ1) is 8.22. The molecule has 2 nitrogen and oxygen atoms in total. The first-order valence-corrected chi connectivity index (χ1v) is 6.49. The van der Waals surface area contributed by atoms with Gasteiger partial charge >= 0.3 is 0 Å². The second-order valence-corrected chi connectivity index (χ2v) is 5.15. The second kappa shape index (κ2) is 5.65. The Labute approximate surface area is 104 Å². The molecular formula is C15H22O2. The summed E-state index contributed by atoms with van der Waals surface area (Å²) in [7, 11) is 1.70. The van der Waals surface area contributed by atoms with E-state index >= 15 is 0 Å². The maximum Gasteiger partial charge on any atom is 0.0816 e. The van der Waals surface area contributed by atoms with Crippen LogP contribution in [-0.4, -0.2) is 18.8 Å². The Balaban J connectivity index is 2.01. The Morgan fingerprint density at radius 1 is 1.41 bits per heavy atom. The van der Waals surface area contributed by atoms with Gasteiger partial charge in [-0.3, -0.25) is 0 Å². The van der Waals surface area contributed by atoms with Crippen LogP contribution < -0.4 is 0 Å². The van der Waals surface area contributed by atoms with Crippen LogP contribution in [0.25, 0.3) is 0 Å². The molecule has 0 saturated heterocycles. The Morgan fingerprint density at radius 3 is 2.82 bits per heavy atom. The Morgan fingerprint density at radius 2 is 2.18 bits per heavy atom. The van der Waals surface area contributed by atoms with Gasteiger partial charge < -0.3 is 9.84 Å². The summed E-state index contributed by atoms with van der Waals surface area (Å²) in [4.78, 5) is 0. The van der Waals surface area contributed by atoms with Crippen LogP contribution >= 0.6 is 0 Å². The molecule has 2 heteroatoms. The summed E-state index contributed by atoms with van der Waals surface area (Å²) in [6.45, 7) is 2.79. The highest BCUT2D eigenvalue weighted by atomic mass is 16.5. The van der Waals surface area contributed by atoms with E-state index in [0.717, 1.165) is 17.9 Å². The molecule has 94 valence electrons. The highest BCUT2D eigenvalue weighted by Gasteiger charge is 2.24. The molecule has 17 heavy (non-hydrogen) atoms. The summed E-state index contributed by atoms with van der Waals surface area (Å²) in [6, 6.07) is 8.44. The highest BCUT2D eigenvalue weighted by Crippen LogP contribution is 2.41. The van der Waals surface area contributed by atoms with Crippen molar-refractivity contribution in [3.63, 3.8) is 0 Å². The van der Waals surface area contributed by atoms with Crippen molar-refractivity contribution in [1.29, 1.82) is 0 Å². The van der Waals surface area contributed by atoms with E-state index in [1.54, 1.807) is 7.11 Å². The van der Waals surface area contributed by atoms with Crippen LogP contribution in [0.4, 0.5) is 0 Å². The topological polar surface area (TPSA) is 29.5 Å². The molecule has 2 atom stereocenters. The number of aliphatic hydroxyl groups is 1. The fourth-order valence-electron chi connectivity index (χ4n) is 2.20. The molecule has 2 unspecified atom stereocenters. The summed E-state index contributed by atoms with van der Waals surface area (Å²) in [5.41, 5.74) is 2.44. The Hall–Kier alpha value is -0.860. The predicted octanol–water partition coefficient (Wildman–Crippen LogP) is 3.27. The van der Waals surface area contributed by atoms with E-state index in [1.165, 1.54) is 18.4 Å². The van der Waals surface area contributed by atoms with Crippen LogP contribution in [0.15, 0.2) is 24.3 Å². The first-order valence-electron chi connectivity index (χ1n) is 6.49. The van der Waals surface area contributed by atoms with Gasteiger partial charge in [-0.2, -0.15) is 0 Å². The molecule has 1 fully saturated rings. The minimum absolute atomic E-state index is 0.240. The minimum atomic E-state index is -0.371. The third-order valence-corrected chi connectivity index (χ3v) is 3.62. The van der Waals surface area contributed by atoms with Crippen LogP contribution in [0.2, 0.25) is 0 Å². The SMILES string of the molecule is COCCC(C)C(O)c1cccc(C2CC2)c1. The molecule has 1 saturated carbocycles. The number of hydrogen-bond acceptors (Lipinski definition) is 2. The van der Waals surface area contributed by atoms with Crippen LogP contribution in [-0.2, 0) is 4.74 Å². The van der Waals surface area contributed by atoms with E-state index in [0.29, 0.717) is 6.61 Å². The Kier molecular flexibility index (Phi) is 4.19. The van der Waals surface area contributed by atoms with Gasteiger partial charge in [-0.1, -0.05) is 31.2 Å². The van der Waals surface area contributed by atoms with Crippen molar-refractivity contribution in [3.05, 3.63) is 35.4 Å². The summed E-state index contributed by atoms with van der Waals surface area (Å²) in [5, 5.41) is 10.3. The number of benzene rings is 1. The van der Waals surface area contributed by atoms with E-state index in [1.807, 2.05) is 6.07 Å². The molecule has 1 aliphatic rings. The minimum Gasteiger partial charge on any atom is -0.388 e. The van der Waals surface area contributed by atoms with Gasteiger partial charge in [0.25, 0.3) is 0 Å². The lowest BCUT2D eigenvalue weighted by molar-refractivity contribution is 0.0885. The van der Waals surface area contributed by atoms with Crippen LogP contribution in [0, 0.1) is 5.92 Å². The summed E-state index contributed by atoms with van der Waals surface area (Å²) >= 11 is 0. The van der Waals surface area contributed by atoms with Crippen molar-refractivity contribution in [3.8, 4) is 0 Å². The van der Waals surface area contributed by atoms with Gasteiger partial charge in [-0.25, -0.2) is 0 Å². The molecular weight excluding hydrogens is 212 g/mol. The number of aliphatic hydroxyl groups excluding tert-OH is 1. The largest absolute Gasteiger partial charge is 0.388 e. The lowest BCUT2D eigenvalue weighted by atomic mass is 9.93. The predicted molar refractivity (Wildman–Crippen MR) is 69.0 cm³/mol. The number of hydrogen-bond donors (Lipinski definition) is 1. The standard InChI is InChI=1S/C15H22O2/c1-11(8-9-17-2)15(16)14-5-3-4-13(10-14)12-6-7-12/h3-5,10-12,15-16H,6-9H2,1-2H3. The lowest BCUT2D eigenvalue weighted by Crippen LogP contribution is -2.11.